The van der Waals surface area contributed by atoms with Gasteiger partial charge in [-0.05, 0) is 77.4 Å². The third-order valence-corrected chi connectivity index (χ3v) is 9.13. The first-order chi connectivity index (χ1) is 20.9. The minimum atomic E-state index is -0.0982. The van der Waals surface area contributed by atoms with Crippen LogP contribution in [0, 0.1) is 5.92 Å². The Balaban J connectivity index is 1.27. The number of carbonyl (C=O) groups is 2. The number of hydrogen-bond donors (Lipinski definition) is 2. The number of allylic oxidation sites excluding steroid dienone is 1. The van der Waals surface area contributed by atoms with Gasteiger partial charge in [0, 0.05) is 37.2 Å². The number of nitrogens with one attached hydrogen (secondary N) is 2. The van der Waals surface area contributed by atoms with Gasteiger partial charge in [0.1, 0.15) is 17.1 Å². The molecule has 1 aliphatic carbocycles. The summed E-state index contributed by atoms with van der Waals surface area (Å²) in [5.41, 5.74) is 2.56. The molecule has 2 amide bonds. The maximum atomic E-state index is 13.2. The third-order valence-electron chi connectivity index (χ3n) is 9.13. The summed E-state index contributed by atoms with van der Waals surface area (Å²) in [6, 6.07) is 5.86. The maximum absolute atomic E-state index is 13.2. The molecular formula is C32H43N7O4. The Bertz CT molecular complexity index is 1360. The molecule has 0 bridgehead atoms. The molecule has 6 rings (SSSR count). The zero-order valence-electron chi connectivity index (χ0n) is 25.5. The molecule has 43 heavy (non-hydrogen) atoms. The fraction of sp³-hybridized carbons (Fsp3) is 0.562. The zero-order valence-corrected chi connectivity index (χ0v) is 25.5. The number of fused-ring (bicyclic) bond motifs is 1. The van der Waals surface area contributed by atoms with Crippen molar-refractivity contribution in [2.75, 3.05) is 62.1 Å². The van der Waals surface area contributed by atoms with Gasteiger partial charge in [0.25, 0.3) is 11.8 Å². The number of likely N-dealkylation sites (N-methyl/N-ethyl adjacent to an activating group) is 1. The van der Waals surface area contributed by atoms with Crippen LogP contribution < -0.4 is 25.2 Å². The Morgan fingerprint density at radius 1 is 1.14 bits per heavy atom. The van der Waals surface area contributed by atoms with Crippen molar-refractivity contribution in [2.24, 2.45) is 5.92 Å². The summed E-state index contributed by atoms with van der Waals surface area (Å²) in [5, 5.41) is 6.56. The topological polar surface area (TPSA) is 112 Å². The molecule has 0 radical (unpaired) electrons. The van der Waals surface area contributed by atoms with E-state index in [2.05, 4.69) is 32.5 Å². The monoisotopic (exact) mass is 589 g/mol. The van der Waals surface area contributed by atoms with Crippen LogP contribution in [-0.4, -0.2) is 85.8 Å². The predicted octanol–water partition coefficient (Wildman–Crippen LogP) is 4.09. The van der Waals surface area contributed by atoms with Crippen molar-refractivity contribution in [1.82, 2.24) is 20.2 Å². The third kappa shape index (κ3) is 6.33. The van der Waals surface area contributed by atoms with Crippen molar-refractivity contribution < 1.29 is 19.1 Å². The molecule has 3 aliphatic heterocycles. The summed E-state index contributed by atoms with van der Waals surface area (Å²) >= 11 is 0. The van der Waals surface area contributed by atoms with Crippen molar-refractivity contribution in [3.8, 4) is 5.75 Å². The van der Waals surface area contributed by atoms with Crippen LogP contribution in [0.4, 0.5) is 23.1 Å². The zero-order chi connectivity index (χ0) is 29.9. The Kier molecular flexibility index (Phi) is 8.80. The molecule has 11 heteroatoms. The average molecular weight is 590 g/mol. The van der Waals surface area contributed by atoms with Crippen LogP contribution in [0.15, 0.2) is 36.2 Å². The molecule has 11 nitrogen and oxygen atoms in total. The smallest absolute Gasteiger partial charge is 0.274 e. The molecule has 1 unspecified atom stereocenters. The summed E-state index contributed by atoms with van der Waals surface area (Å²) in [5.74, 6) is 1.85. The van der Waals surface area contributed by atoms with Gasteiger partial charge in [-0.25, -0.2) is 4.98 Å². The van der Waals surface area contributed by atoms with Crippen molar-refractivity contribution in [3.63, 3.8) is 0 Å². The summed E-state index contributed by atoms with van der Waals surface area (Å²) in [6.07, 6.45) is 10.7. The number of carbonyl (C=O) groups excluding carboxylic acids is 2. The van der Waals surface area contributed by atoms with Crippen LogP contribution >= 0.6 is 0 Å². The largest absolute Gasteiger partial charge is 0.491 e. The quantitative estimate of drug-likeness (QED) is 0.440. The van der Waals surface area contributed by atoms with E-state index in [1.165, 1.54) is 0 Å². The number of likely N-dealkylation sites (tertiary alicyclic amines) is 1. The molecule has 3 fully saturated rings. The van der Waals surface area contributed by atoms with Gasteiger partial charge in [0.15, 0.2) is 5.82 Å². The Morgan fingerprint density at radius 2 is 1.93 bits per heavy atom. The van der Waals surface area contributed by atoms with Crippen LogP contribution in [0.25, 0.3) is 0 Å². The lowest BCUT2D eigenvalue weighted by atomic mass is 10.0. The van der Waals surface area contributed by atoms with E-state index in [9.17, 15) is 9.59 Å². The highest BCUT2D eigenvalue weighted by molar-refractivity contribution is 6.12. The molecule has 1 aromatic heterocycles. The lowest BCUT2D eigenvalue weighted by Gasteiger charge is -2.39. The number of anilines is 4. The number of aromatic nitrogens is 2. The predicted molar refractivity (Wildman–Crippen MR) is 166 cm³/mol. The number of ether oxygens (including phenoxy) is 2. The van der Waals surface area contributed by atoms with Gasteiger partial charge in [-0.1, -0.05) is 18.9 Å². The Morgan fingerprint density at radius 3 is 2.65 bits per heavy atom. The highest BCUT2D eigenvalue weighted by Crippen LogP contribution is 2.41. The fourth-order valence-electron chi connectivity index (χ4n) is 6.48. The minimum absolute atomic E-state index is 0.0492. The Labute approximate surface area is 253 Å². The van der Waals surface area contributed by atoms with Gasteiger partial charge in [-0.2, -0.15) is 4.98 Å². The van der Waals surface area contributed by atoms with E-state index >= 15 is 0 Å². The number of rotatable bonds is 8. The van der Waals surface area contributed by atoms with Crippen molar-refractivity contribution in [1.29, 1.82) is 0 Å². The fourth-order valence-corrected chi connectivity index (χ4v) is 6.48. The molecule has 230 valence electrons. The normalized spacial score (nSPS) is 22.7. The summed E-state index contributed by atoms with van der Waals surface area (Å²) in [7, 11) is 3.87. The second-order valence-electron chi connectivity index (χ2n) is 12.2. The first-order valence-electron chi connectivity index (χ1n) is 15.6. The van der Waals surface area contributed by atoms with Crippen LogP contribution in [0.2, 0.25) is 0 Å². The molecule has 0 spiro atoms. The minimum Gasteiger partial charge on any atom is -0.491 e. The molecule has 2 saturated heterocycles. The standard InChI is InChI=1S/C32H43N7O4/c1-4-26-31(41)38(3)27-18-33-32(36-29(27)39(26)24-7-5-6-8-24)35-25-10-9-22(17-28(25)43-20-21-13-16-42-19-21)30(40)34-23-11-14-37(2)15-12-23/h4,9-10,17-18,21,23-24H,5-8,11-16,19-20H2,1-3H3,(H,34,40)(H,33,35,36)/b26-4-. The van der Waals surface area contributed by atoms with Gasteiger partial charge in [-0.15, -0.1) is 0 Å². The number of nitrogens with zero attached hydrogens (tertiary/aromatic N) is 5. The van der Waals surface area contributed by atoms with Crippen LogP contribution in [0.5, 0.6) is 5.75 Å². The molecule has 4 aliphatic rings. The number of piperidine rings is 1. The van der Waals surface area contributed by atoms with Gasteiger partial charge in [-0.3, -0.25) is 9.59 Å². The molecular weight excluding hydrogens is 546 g/mol. The van der Waals surface area contributed by atoms with E-state index in [0.717, 1.165) is 70.5 Å². The van der Waals surface area contributed by atoms with Crippen molar-refractivity contribution >= 4 is 35.0 Å². The first-order valence-corrected chi connectivity index (χ1v) is 15.6. The Hall–Kier alpha value is -3.70. The second-order valence-corrected chi connectivity index (χ2v) is 12.2. The number of hydrogen-bond acceptors (Lipinski definition) is 9. The van der Waals surface area contributed by atoms with Gasteiger partial charge >= 0.3 is 0 Å². The SMILES string of the molecule is C/C=C1/C(=O)N(C)c2cnc(Nc3ccc(C(=O)NC4CCN(C)CC4)cc3OCC3CCOC3)nc2N1C1CCCC1. The summed E-state index contributed by atoms with van der Waals surface area (Å²) in [6.45, 7) is 5.76. The van der Waals surface area contributed by atoms with Gasteiger partial charge in [0.05, 0.1) is 25.1 Å². The van der Waals surface area contributed by atoms with E-state index in [-0.39, 0.29) is 23.9 Å². The molecule has 1 aromatic carbocycles. The van der Waals surface area contributed by atoms with Crippen LogP contribution in [0.3, 0.4) is 0 Å². The summed E-state index contributed by atoms with van der Waals surface area (Å²) < 4.78 is 11.9. The average Bonchev–Trinajstić information content (AvgIpc) is 3.74. The molecule has 4 heterocycles. The van der Waals surface area contributed by atoms with Crippen LogP contribution in [-0.2, 0) is 9.53 Å². The van der Waals surface area contributed by atoms with E-state index < -0.39 is 0 Å². The summed E-state index contributed by atoms with van der Waals surface area (Å²) in [4.78, 5) is 42.0. The lowest BCUT2D eigenvalue weighted by Crippen LogP contribution is -2.46. The molecule has 1 saturated carbocycles. The maximum Gasteiger partial charge on any atom is 0.274 e. The molecule has 2 N–H and O–H groups in total. The van der Waals surface area contributed by atoms with E-state index in [1.54, 1.807) is 24.2 Å². The van der Waals surface area contributed by atoms with Crippen LogP contribution in [0.1, 0.15) is 62.2 Å². The van der Waals surface area contributed by atoms with E-state index in [4.69, 9.17) is 14.5 Å². The van der Waals surface area contributed by atoms with E-state index in [0.29, 0.717) is 53.5 Å². The lowest BCUT2D eigenvalue weighted by molar-refractivity contribution is -0.115. The number of amides is 2. The highest BCUT2D eigenvalue weighted by Gasteiger charge is 2.38. The van der Waals surface area contributed by atoms with E-state index in [1.807, 2.05) is 25.1 Å². The molecule has 1 atom stereocenters. The van der Waals surface area contributed by atoms with Gasteiger partial charge < -0.3 is 34.8 Å². The second kappa shape index (κ2) is 12.9. The molecule has 2 aromatic rings. The van der Waals surface area contributed by atoms with Gasteiger partial charge in [0.2, 0.25) is 5.95 Å². The first kappa shape index (κ1) is 29.4. The number of benzene rings is 1. The highest BCUT2D eigenvalue weighted by atomic mass is 16.5. The van der Waals surface area contributed by atoms with Crippen molar-refractivity contribution in [2.45, 2.75) is 64.0 Å². The van der Waals surface area contributed by atoms with Crippen molar-refractivity contribution in [3.05, 3.63) is 41.7 Å².